The second-order valence-electron chi connectivity index (χ2n) is 4.45. The monoisotopic (exact) mass is 261 g/mol. The molecule has 1 aliphatic rings. The van der Waals surface area contributed by atoms with Gasteiger partial charge in [0.05, 0.1) is 11.0 Å². The summed E-state index contributed by atoms with van der Waals surface area (Å²) < 4.78 is 38.2. The van der Waals surface area contributed by atoms with E-state index >= 15 is 0 Å². The van der Waals surface area contributed by atoms with Gasteiger partial charge in [0.25, 0.3) is 0 Å². The van der Waals surface area contributed by atoms with Gasteiger partial charge in [-0.15, -0.1) is 0 Å². The molecule has 1 aliphatic heterocycles. The van der Waals surface area contributed by atoms with Crippen LogP contribution in [-0.4, -0.2) is 18.2 Å². The molecule has 3 aromatic rings. The number of fused-ring (bicyclic) bond motifs is 5. The smallest absolute Gasteiger partial charge is 0.185 e. The van der Waals surface area contributed by atoms with Gasteiger partial charge in [0.1, 0.15) is 24.8 Å². The largest absolute Gasteiger partial charge is 0.486 e. The Morgan fingerprint density at radius 1 is 1.05 bits per heavy atom. The summed E-state index contributed by atoms with van der Waals surface area (Å²) in [5.41, 5.74) is 1.05. The van der Waals surface area contributed by atoms with Crippen molar-refractivity contribution in [3.63, 3.8) is 0 Å². The molecule has 3 nitrogen and oxygen atoms in total. The Morgan fingerprint density at radius 3 is 2.79 bits per heavy atom. The number of hydrogen-bond acceptors (Lipinski definition) is 2. The fourth-order valence-electron chi connectivity index (χ4n) is 2.53. The van der Waals surface area contributed by atoms with Crippen LogP contribution in [0.4, 0.5) is 8.78 Å². The summed E-state index contributed by atoms with van der Waals surface area (Å²) in [6, 6.07) is 5.65. The fraction of sp³-hybridized carbons (Fsp3) is 0.143. The predicted octanol–water partition coefficient (Wildman–Crippen LogP) is 3.37. The minimum atomic E-state index is -0.609. The van der Waals surface area contributed by atoms with Crippen molar-refractivity contribution < 1.29 is 18.3 Å². The number of ether oxygens (including phenoxy) is 2. The molecule has 0 aliphatic carbocycles. The minimum Gasteiger partial charge on any atom is -0.486 e. The van der Waals surface area contributed by atoms with Gasteiger partial charge in [0.15, 0.2) is 11.5 Å². The van der Waals surface area contributed by atoms with Crippen molar-refractivity contribution in [1.82, 2.24) is 4.98 Å². The zero-order chi connectivity index (χ0) is 13.0. The van der Waals surface area contributed by atoms with Crippen LogP contribution in [0.5, 0.6) is 11.5 Å². The number of aromatic nitrogens is 1. The first-order valence-corrected chi connectivity index (χ1v) is 5.93. The molecule has 0 fully saturated rings. The molecule has 0 bridgehead atoms. The Labute approximate surface area is 106 Å². The third-order valence-corrected chi connectivity index (χ3v) is 3.29. The van der Waals surface area contributed by atoms with Crippen LogP contribution in [0.25, 0.3) is 21.8 Å². The van der Waals surface area contributed by atoms with Crippen molar-refractivity contribution in [1.29, 1.82) is 0 Å². The molecule has 0 saturated heterocycles. The predicted molar refractivity (Wildman–Crippen MR) is 66.7 cm³/mol. The Balaban J connectivity index is 2.16. The third-order valence-electron chi connectivity index (χ3n) is 3.29. The molecule has 2 aromatic carbocycles. The molecule has 5 heteroatoms. The molecule has 0 unspecified atom stereocenters. The summed E-state index contributed by atoms with van der Waals surface area (Å²) in [6.07, 6.45) is 0. The molecule has 0 amide bonds. The van der Waals surface area contributed by atoms with E-state index in [-0.39, 0.29) is 0 Å². The number of aromatic amines is 1. The van der Waals surface area contributed by atoms with Crippen molar-refractivity contribution in [2.45, 2.75) is 0 Å². The molecule has 1 N–H and O–H groups in total. The lowest BCUT2D eigenvalue weighted by Gasteiger charge is -2.18. The van der Waals surface area contributed by atoms with E-state index in [2.05, 4.69) is 4.98 Å². The number of benzene rings is 2. The van der Waals surface area contributed by atoms with Gasteiger partial charge in [-0.2, -0.15) is 0 Å². The molecular formula is C14H9F2NO2. The number of hydrogen-bond donors (Lipinski definition) is 1. The van der Waals surface area contributed by atoms with Crippen molar-refractivity contribution >= 4 is 21.8 Å². The van der Waals surface area contributed by atoms with Gasteiger partial charge in [-0.3, -0.25) is 0 Å². The quantitative estimate of drug-likeness (QED) is 0.673. The minimum absolute atomic E-state index is 0.369. The van der Waals surface area contributed by atoms with Gasteiger partial charge in [-0.05, 0) is 18.2 Å². The maximum Gasteiger partial charge on any atom is 0.185 e. The van der Waals surface area contributed by atoms with E-state index in [1.54, 1.807) is 12.1 Å². The van der Waals surface area contributed by atoms with E-state index < -0.39 is 11.6 Å². The Kier molecular flexibility index (Phi) is 2.01. The number of H-pyrrole nitrogens is 1. The lowest BCUT2D eigenvalue weighted by molar-refractivity contribution is 0.173. The third kappa shape index (κ3) is 1.41. The molecule has 19 heavy (non-hydrogen) atoms. The SMILES string of the molecule is Fc1cc(F)c2c(c1)[nH]c1c3c(ccc12)OCCO3. The highest BCUT2D eigenvalue weighted by atomic mass is 19.1. The molecule has 0 atom stereocenters. The van der Waals surface area contributed by atoms with Gasteiger partial charge < -0.3 is 14.5 Å². The molecule has 0 saturated carbocycles. The van der Waals surface area contributed by atoms with Crippen LogP contribution in [0, 0.1) is 11.6 Å². The molecule has 2 heterocycles. The van der Waals surface area contributed by atoms with Gasteiger partial charge in [0, 0.05) is 16.8 Å². The average Bonchev–Trinajstić information content (AvgIpc) is 2.77. The first kappa shape index (κ1) is 10.6. The van der Waals surface area contributed by atoms with Crippen molar-refractivity contribution in [2.24, 2.45) is 0 Å². The summed E-state index contributed by atoms with van der Waals surface area (Å²) >= 11 is 0. The van der Waals surface area contributed by atoms with E-state index in [1.807, 2.05) is 0 Å². The van der Waals surface area contributed by atoms with E-state index in [4.69, 9.17) is 9.47 Å². The van der Waals surface area contributed by atoms with Crippen LogP contribution in [0.2, 0.25) is 0 Å². The van der Waals surface area contributed by atoms with E-state index in [1.165, 1.54) is 6.07 Å². The second kappa shape index (κ2) is 3.60. The van der Waals surface area contributed by atoms with Crippen molar-refractivity contribution in [2.75, 3.05) is 13.2 Å². The maximum absolute atomic E-state index is 13.9. The number of halogens is 2. The van der Waals surface area contributed by atoms with Crippen molar-refractivity contribution in [3.05, 3.63) is 35.9 Å². The summed E-state index contributed by atoms with van der Waals surface area (Å²) in [5, 5.41) is 1.03. The van der Waals surface area contributed by atoms with Crippen LogP contribution >= 0.6 is 0 Å². The highest BCUT2D eigenvalue weighted by molar-refractivity contribution is 6.10. The van der Waals surface area contributed by atoms with Crippen LogP contribution in [0.3, 0.4) is 0 Å². The lowest BCUT2D eigenvalue weighted by atomic mass is 10.1. The first-order valence-electron chi connectivity index (χ1n) is 5.93. The zero-order valence-electron chi connectivity index (χ0n) is 9.80. The fourth-order valence-corrected chi connectivity index (χ4v) is 2.53. The van der Waals surface area contributed by atoms with E-state index in [9.17, 15) is 8.78 Å². The summed E-state index contributed by atoms with van der Waals surface area (Å²) in [4.78, 5) is 3.00. The summed E-state index contributed by atoms with van der Waals surface area (Å²) in [6.45, 7) is 0.931. The molecule has 1 aromatic heterocycles. The van der Waals surface area contributed by atoms with E-state index in [0.717, 1.165) is 6.07 Å². The number of nitrogens with one attached hydrogen (secondary N) is 1. The summed E-state index contributed by atoms with van der Waals surface area (Å²) in [7, 11) is 0. The average molecular weight is 261 g/mol. The van der Waals surface area contributed by atoms with Crippen LogP contribution in [-0.2, 0) is 0 Å². The Bertz CT molecular complexity index is 810. The standard InChI is InChI=1S/C14H9F2NO2/c15-7-5-9(16)12-8-1-2-11-14(19-4-3-18-11)13(8)17-10(12)6-7/h1-2,5-6,17H,3-4H2. The molecule has 0 radical (unpaired) electrons. The molecule has 96 valence electrons. The molecule has 0 spiro atoms. The second-order valence-corrected chi connectivity index (χ2v) is 4.45. The van der Waals surface area contributed by atoms with Gasteiger partial charge in [-0.25, -0.2) is 8.78 Å². The van der Waals surface area contributed by atoms with Gasteiger partial charge in [0.2, 0.25) is 0 Å². The van der Waals surface area contributed by atoms with Crippen LogP contribution in [0.1, 0.15) is 0 Å². The number of rotatable bonds is 0. The lowest BCUT2D eigenvalue weighted by Crippen LogP contribution is -2.15. The first-order chi connectivity index (χ1) is 9.24. The molecule has 4 rings (SSSR count). The van der Waals surface area contributed by atoms with Crippen LogP contribution in [0.15, 0.2) is 24.3 Å². The van der Waals surface area contributed by atoms with E-state index in [0.29, 0.717) is 46.5 Å². The highest BCUT2D eigenvalue weighted by Crippen LogP contribution is 2.40. The van der Waals surface area contributed by atoms with Gasteiger partial charge in [-0.1, -0.05) is 0 Å². The highest BCUT2D eigenvalue weighted by Gasteiger charge is 2.19. The normalized spacial score (nSPS) is 14.2. The van der Waals surface area contributed by atoms with Crippen LogP contribution < -0.4 is 9.47 Å². The Hall–Kier alpha value is -2.30. The topological polar surface area (TPSA) is 34.2 Å². The molecular weight excluding hydrogens is 252 g/mol. The van der Waals surface area contributed by atoms with Crippen molar-refractivity contribution in [3.8, 4) is 11.5 Å². The zero-order valence-corrected chi connectivity index (χ0v) is 9.80. The van der Waals surface area contributed by atoms with Gasteiger partial charge >= 0.3 is 0 Å². The maximum atomic E-state index is 13.9. The summed E-state index contributed by atoms with van der Waals surface area (Å²) in [5.74, 6) is -0.0218. The Morgan fingerprint density at radius 2 is 1.89 bits per heavy atom.